The van der Waals surface area contributed by atoms with E-state index in [1.165, 1.54) is 0 Å². The Balaban J connectivity index is 2.45. The summed E-state index contributed by atoms with van der Waals surface area (Å²) >= 11 is 0. The largest absolute Gasteiger partial charge is 0.455 e. The second-order valence-corrected chi connectivity index (χ2v) is 10.8. The topological polar surface area (TPSA) is 26.3 Å². The number of carbonyl (C=O) groups excluding carboxylic acids is 1. The maximum atomic E-state index is 16.2. The average Bonchev–Trinajstić information content (AvgIpc) is 2.70. The zero-order chi connectivity index (χ0) is 20.2. The van der Waals surface area contributed by atoms with Gasteiger partial charge in [-0.15, -0.1) is 0 Å². The molecule has 2 nitrogen and oxygen atoms in total. The van der Waals surface area contributed by atoms with E-state index in [1.807, 2.05) is 91.0 Å². The highest BCUT2D eigenvalue weighted by molar-refractivity contribution is 7.96. The van der Waals surface area contributed by atoms with E-state index in [1.54, 1.807) is 20.8 Å². The first-order valence-corrected chi connectivity index (χ1v) is 11.0. The molecule has 0 radical (unpaired) electrons. The van der Waals surface area contributed by atoms with Gasteiger partial charge in [0.15, 0.2) is 0 Å². The number of hydrogen-bond acceptors (Lipinski definition) is 2. The third-order valence-electron chi connectivity index (χ3n) is 4.29. The summed E-state index contributed by atoms with van der Waals surface area (Å²) in [6.07, 6.45) is 0. The Morgan fingerprint density at radius 2 is 1.04 bits per heavy atom. The third kappa shape index (κ3) is 3.95. The molecule has 0 aliphatic heterocycles. The molecule has 144 valence electrons. The predicted octanol–water partition coefficient (Wildman–Crippen LogP) is 4.42. The van der Waals surface area contributed by atoms with Gasteiger partial charge >= 0.3 is 5.97 Å². The summed E-state index contributed by atoms with van der Waals surface area (Å²) in [7, 11) is 0. The van der Waals surface area contributed by atoms with Gasteiger partial charge in [0.25, 0.3) is 0 Å². The zero-order valence-corrected chi connectivity index (χ0v) is 17.2. The van der Waals surface area contributed by atoms with Gasteiger partial charge in [-0.3, -0.25) is 0 Å². The molecule has 28 heavy (non-hydrogen) atoms. The van der Waals surface area contributed by atoms with Crippen LogP contribution in [0.15, 0.2) is 91.0 Å². The average molecular weight is 394 g/mol. The zero-order valence-electron chi connectivity index (χ0n) is 16.3. The molecule has 0 heterocycles. The van der Waals surface area contributed by atoms with Crippen molar-refractivity contribution in [3.63, 3.8) is 0 Å². The van der Waals surface area contributed by atoms with Crippen molar-refractivity contribution in [3.05, 3.63) is 91.0 Å². The van der Waals surface area contributed by atoms with E-state index >= 15 is 4.39 Å². The van der Waals surface area contributed by atoms with E-state index < -0.39 is 24.0 Å². The Kier molecular flexibility index (Phi) is 5.86. The van der Waals surface area contributed by atoms with Gasteiger partial charge in [-0.1, -0.05) is 91.0 Å². The summed E-state index contributed by atoms with van der Waals surface area (Å²) < 4.78 is 21.6. The van der Waals surface area contributed by atoms with E-state index in [0.29, 0.717) is 0 Å². The van der Waals surface area contributed by atoms with Gasteiger partial charge in [0.2, 0.25) is 5.55 Å². The van der Waals surface area contributed by atoms with E-state index in [2.05, 4.69) is 0 Å². The van der Waals surface area contributed by atoms with Crippen LogP contribution in [0.5, 0.6) is 0 Å². The minimum Gasteiger partial charge on any atom is -0.455 e. The summed E-state index contributed by atoms with van der Waals surface area (Å²) in [5.74, 6) is -0.905. The number of halogens is 1. The van der Waals surface area contributed by atoms with Gasteiger partial charge in [-0.05, 0) is 36.7 Å². The lowest BCUT2D eigenvalue weighted by Gasteiger charge is -2.29. The molecule has 0 atom stereocenters. The number of rotatable bonds is 4. The molecule has 3 rings (SSSR count). The maximum absolute atomic E-state index is 16.2. The molecule has 0 aromatic heterocycles. The lowest BCUT2D eigenvalue weighted by Crippen LogP contribution is -2.35. The van der Waals surface area contributed by atoms with Crippen molar-refractivity contribution in [1.82, 2.24) is 0 Å². The van der Waals surface area contributed by atoms with Crippen LogP contribution in [0.25, 0.3) is 0 Å². The van der Waals surface area contributed by atoms with Crippen LogP contribution in [0.3, 0.4) is 0 Å². The SMILES string of the molecule is CC(C)(C)OC(=O)C(F)=P(c1ccccc1)(c1ccccc1)c1ccccc1. The van der Waals surface area contributed by atoms with Gasteiger partial charge in [0, 0.05) is 6.89 Å². The predicted molar refractivity (Wildman–Crippen MR) is 117 cm³/mol. The number of ether oxygens (including phenoxy) is 1. The molecule has 3 aromatic rings. The lowest BCUT2D eigenvalue weighted by molar-refractivity contribution is -0.146. The standard InChI is InChI=1S/C24H24FO2P/c1-24(2,3)27-23(26)22(25)28(19-13-7-4-8-14-19,20-15-9-5-10-16-20)21-17-11-6-12-18-21/h4-18H,1-3H3. The highest BCUT2D eigenvalue weighted by Crippen LogP contribution is 2.46. The number of carbonyl (C=O) groups is 1. The first kappa shape index (κ1) is 20.1. The highest BCUT2D eigenvalue weighted by atomic mass is 31.2. The number of hydrogen-bond donors (Lipinski definition) is 0. The fourth-order valence-electron chi connectivity index (χ4n) is 3.20. The van der Waals surface area contributed by atoms with Crippen LogP contribution in [-0.2, 0) is 9.53 Å². The normalized spacial score (nSPS) is 11.7. The molecule has 0 aliphatic rings. The first-order valence-electron chi connectivity index (χ1n) is 9.18. The monoisotopic (exact) mass is 394 g/mol. The summed E-state index contributed by atoms with van der Waals surface area (Å²) in [4.78, 5) is 12.9. The summed E-state index contributed by atoms with van der Waals surface area (Å²) in [6, 6.07) is 28.2. The molecule has 0 saturated heterocycles. The van der Waals surface area contributed by atoms with Crippen LogP contribution >= 0.6 is 6.89 Å². The molecule has 0 spiro atoms. The molecule has 0 fully saturated rings. The van der Waals surface area contributed by atoms with Crippen molar-refractivity contribution in [1.29, 1.82) is 0 Å². The molecular weight excluding hydrogens is 370 g/mol. The van der Waals surface area contributed by atoms with Crippen LogP contribution in [-0.4, -0.2) is 17.1 Å². The van der Waals surface area contributed by atoms with Crippen molar-refractivity contribution < 1.29 is 13.9 Å². The van der Waals surface area contributed by atoms with Crippen LogP contribution in [0.1, 0.15) is 20.8 Å². The van der Waals surface area contributed by atoms with Gasteiger partial charge in [-0.25, -0.2) is 4.79 Å². The Hall–Kier alpha value is -2.64. The van der Waals surface area contributed by atoms with Crippen molar-refractivity contribution in [2.75, 3.05) is 0 Å². The smallest absolute Gasteiger partial charge is 0.368 e. The van der Waals surface area contributed by atoms with Crippen molar-refractivity contribution in [2.45, 2.75) is 26.4 Å². The molecule has 0 unspecified atom stereocenters. The maximum Gasteiger partial charge on any atom is 0.368 e. The van der Waals surface area contributed by atoms with Crippen molar-refractivity contribution in [2.24, 2.45) is 0 Å². The van der Waals surface area contributed by atoms with Crippen LogP contribution in [0.2, 0.25) is 0 Å². The molecule has 0 N–H and O–H groups in total. The fourth-order valence-corrected chi connectivity index (χ4v) is 6.95. The van der Waals surface area contributed by atoms with E-state index in [-0.39, 0.29) is 0 Å². The molecular formula is C24H24FO2P. The van der Waals surface area contributed by atoms with E-state index in [0.717, 1.165) is 15.9 Å². The van der Waals surface area contributed by atoms with Crippen molar-refractivity contribution >= 4 is 34.3 Å². The van der Waals surface area contributed by atoms with Crippen LogP contribution < -0.4 is 15.9 Å². The van der Waals surface area contributed by atoms with E-state index in [9.17, 15) is 4.79 Å². The minimum atomic E-state index is -3.01. The second-order valence-electron chi connectivity index (χ2n) is 7.47. The number of esters is 1. The molecule has 3 aromatic carbocycles. The first-order chi connectivity index (χ1) is 13.4. The molecule has 0 bridgehead atoms. The van der Waals surface area contributed by atoms with Gasteiger partial charge in [-0.2, -0.15) is 4.39 Å². The Morgan fingerprint density at radius 3 is 1.32 bits per heavy atom. The summed E-state index contributed by atoms with van der Waals surface area (Å²) in [6.45, 7) is 2.21. The third-order valence-corrected chi connectivity index (χ3v) is 8.28. The van der Waals surface area contributed by atoms with Gasteiger partial charge in [0.1, 0.15) is 5.60 Å². The molecule has 0 amide bonds. The van der Waals surface area contributed by atoms with Gasteiger partial charge < -0.3 is 4.74 Å². The number of benzene rings is 3. The Morgan fingerprint density at radius 1 is 0.714 bits per heavy atom. The minimum absolute atomic E-state index is 0.744. The second kappa shape index (κ2) is 8.16. The van der Waals surface area contributed by atoms with Crippen LogP contribution in [0.4, 0.5) is 4.39 Å². The Labute approximate surface area is 166 Å². The van der Waals surface area contributed by atoms with Gasteiger partial charge in [0.05, 0.1) is 0 Å². The fraction of sp³-hybridized carbons (Fsp3) is 0.167. The lowest BCUT2D eigenvalue weighted by atomic mass is 10.2. The molecule has 4 heteroatoms. The van der Waals surface area contributed by atoms with E-state index in [4.69, 9.17) is 4.74 Å². The van der Waals surface area contributed by atoms with Crippen LogP contribution in [0, 0.1) is 0 Å². The molecule has 0 saturated carbocycles. The molecule has 0 aliphatic carbocycles. The summed E-state index contributed by atoms with van der Waals surface area (Å²) in [5.41, 5.74) is -1.53. The summed E-state index contributed by atoms with van der Waals surface area (Å²) in [5, 5.41) is 2.32. The highest BCUT2D eigenvalue weighted by Gasteiger charge is 2.35. The van der Waals surface area contributed by atoms with Crippen molar-refractivity contribution in [3.8, 4) is 0 Å². The Bertz CT molecular complexity index is 888. The quantitative estimate of drug-likeness (QED) is 0.484.